The number of piperidine rings is 1. The predicted octanol–water partition coefficient (Wildman–Crippen LogP) is 1.45. The maximum Gasteiger partial charge on any atom is 0.410 e. The largest absolute Gasteiger partial charge is 0.444 e. The van der Waals surface area contributed by atoms with E-state index < -0.39 is 0 Å². The summed E-state index contributed by atoms with van der Waals surface area (Å²) in [6, 6.07) is 0. The molecule has 1 unspecified atom stereocenters. The van der Waals surface area contributed by atoms with E-state index in [0.29, 0.717) is 11.8 Å². The van der Waals surface area contributed by atoms with E-state index >= 15 is 0 Å². The third kappa shape index (κ3) is 2.32. The van der Waals surface area contributed by atoms with E-state index in [9.17, 15) is 4.79 Å². The van der Waals surface area contributed by atoms with Crippen molar-refractivity contribution in [3.05, 3.63) is 0 Å². The molecule has 4 nitrogen and oxygen atoms in total. The van der Waals surface area contributed by atoms with Crippen LogP contribution in [0.4, 0.5) is 4.79 Å². The monoisotopic (exact) mass is 226 g/mol. The number of likely N-dealkylation sites (tertiary alicyclic amines) is 1. The molecular formula is C12H22N2O2. The highest BCUT2D eigenvalue weighted by Gasteiger charge is 2.56. The van der Waals surface area contributed by atoms with Crippen LogP contribution in [-0.2, 0) is 4.74 Å². The molecule has 0 aromatic heterocycles. The average molecular weight is 226 g/mol. The quantitative estimate of drug-likeness (QED) is 0.775. The molecule has 3 atom stereocenters. The average Bonchev–Trinajstić information content (AvgIpc) is 2.60. The van der Waals surface area contributed by atoms with Crippen LogP contribution >= 0.6 is 0 Å². The summed E-state index contributed by atoms with van der Waals surface area (Å²) in [6.45, 7) is 8.20. The van der Waals surface area contributed by atoms with Crippen molar-refractivity contribution in [2.45, 2.75) is 32.8 Å². The van der Waals surface area contributed by atoms with Gasteiger partial charge in [-0.3, -0.25) is 0 Å². The lowest BCUT2D eigenvalue weighted by Gasteiger charge is -2.25. The molecule has 0 spiro atoms. The Morgan fingerprint density at radius 2 is 1.94 bits per heavy atom. The van der Waals surface area contributed by atoms with E-state index in [-0.39, 0.29) is 11.7 Å². The molecule has 2 fully saturated rings. The minimum atomic E-state index is -0.388. The molecule has 2 N–H and O–H groups in total. The number of nitrogens with two attached hydrogens (primary N) is 1. The SMILES string of the molecule is CC(C)(C)OC(=O)N1C[C@@H]2C(CCN)[C@@H]2C1. The van der Waals surface area contributed by atoms with Gasteiger partial charge in [-0.25, -0.2) is 4.79 Å². The van der Waals surface area contributed by atoms with Gasteiger partial charge < -0.3 is 15.4 Å². The molecule has 0 aromatic carbocycles. The van der Waals surface area contributed by atoms with Gasteiger partial charge in [-0.15, -0.1) is 0 Å². The lowest BCUT2D eigenvalue weighted by molar-refractivity contribution is 0.0265. The van der Waals surface area contributed by atoms with Gasteiger partial charge in [-0.1, -0.05) is 0 Å². The predicted molar refractivity (Wildman–Crippen MR) is 61.9 cm³/mol. The summed E-state index contributed by atoms with van der Waals surface area (Å²) in [5, 5.41) is 0. The zero-order chi connectivity index (χ0) is 11.9. The van der Waals surface area contributed by atoms with Crippen LogP contribution in [0.1, 0.15) is 27.2 Å². The second-order valence-electron chi connectivity index (χ2n) is 5.95. The van der Waals surface area contributed by atoms with Gasteiger partial charge in [0.2, 0.25) is 0 Å². The lowest BCUT2D eigenvalue weighted by atomic mass is 10.2. The molecular weight excluding hydrogens is 204 g/mol. The van der Waals surface area contributed by atoms with Crippen LogP contribution in [-0.4, -0.2) is 36.2 Å². The highest BCUT2D eigenvalue weighted by atomic mass is 16.6. The van der Waals surface area contributed by atoms with Crippen molar-refractivity contribution >= 4 is 6.09 Å². The zero-order valence-electron chi connectivity index (χ0n) is 10.4. The number of rotatable bonds is 2. The topological polar surface area (TPSA) is 55.6 Å². The molecule has 1 heterocycles. The number of hydrogen-bond acceptors (Lipinski definition) is 3. The van der Waals surface area contributed by atoms with Crippen molar-refractivity contribution in [1.29, 1.82) is 0 Å². The second-order valence-corrected chi connectivity index (χ2v) is 5.95. The third-order valence-corrected chi connectivity index (χ3v) is 3.52. The first-order chi connectivity index (χ1) is 7.42. The van der Waals surface area contributed by atoms with Crippen LogP contribution in [0.15, 0.2) is 0 Å². The number of nitrogens with zero attached hydrogens (tertiary/aromatic N) is 1. The van der Waals surface area contributed by atoms with Gasteiger partial charge in [0.1, 0.15) is 5.60 Å². The summed E-state index contributed by atoms with van der Waals surface area (Å²) < 4.78 is 5.35. The summed E-state index contributed by atoms with van der Waals surface area (Å²) >= 11 is 0. The zero-order valence-corrected chi connectivity index (χ0v) is 10.4. The molecule has 16 heavy (non-hydrogen) atoms. The van der Waals surface area contributed by atoms with Crippen LogP contribution in [0, 0.1) is 17.8 Å². The van der Waals surface area contributed by atoms with Gasteiger partial charge in [0.25, 0.3) is 0 Å². The first kappa shape index (κ1) is 11.7. The highest BCUT2D eigenvalue weighted by Crippen LogP contribution is 2.53. The smallest absolute Gasteiger partial charge is 0.410 e. The van der Waals surface area contributed by atoms with Crippen molar-refractivity contribution in [3.8, 4) is 0 Å². The lowest BCUT2D eigenvalue weighted by Crippen LogP contribution is -2.37. The Labute approximate surface area is 97.1 Å². The molecule has 0 radical (unpaired) electrons. The van der Waals surface area contributed by atoms with Gasteiger partial charge >= 0.3 is 6.09 Å². The Morgan fingerprint density at radius 1 is 1.38 bits per heavy atom. The Hall–Kier alpha value is -0.770. The van der Waals surface area contributed by atoms with E-state index in [0.717, 1.165) is 32.0 Å². The highest BCUT2D eigenvalue weighted by molar-refractivity contribution is 5.68. The molecule has 1 saturated carbocycles. The molecule has 0 aromatic rings. The number of amides is 1. The molecule has 0 bridgehead atoms. The van der Waals surface area contributed by atoms with Crippen molar-refractivity contribution in [2.75, 3.05) is 19.6 Å². The minimum absolute atomic E-state index is 0.161. The fraction of sp³-hybridized carbons (Fsp3) is 0.917. The summed E-state index contributed by atoms with van der Waals surface area (Å²) in [7, 11) is 0. The molecule has 1 aliphatic heterocycles. The van der Waals surface area contributed by atoms with E-state index in [1.165, 1.54) is 0 Å². The molecule has 2 rings (SSSR count). The Kier molecular flexibility index (Phi) is 2.86. The number of carbonyl (C=O) groups excluding carboxylic acids is 1. The maximum absolute atomic E-state index is 11.8. The van der Waals surface area contributed by atoms with Crippen molar-refractivity contribution < 1.29 is 9.53 Å². The maximum atomic E-state index is 11.8. The standard InChI is InChI=1S/C12H22N2O2/c1-12(2,3)16-11(15)14-6-9-8(4-5-13)10(9)7-14/h8-10H,4-7,13H2,1-3H3/t8?,9-,10+. The van der Waals surface area contributed by atoms with Crippen molar-refractivity contribution in [1.82, 2.24) is 4.90 Å². The third-order valence-electron chi connectivity index (χ3n) is 3.52. The van der Waals surface area contributed by atoms with Crippen LogP contribution < -0.4 is 5.73 Å². The first-order valence-corrected chi connectivity index (χ1v) is 6.10. The van der Waals surface area contributed by atoms with Gasteiger partial charge in [0.05, 0.1) is 0 Å². The first-order valence-electron chi connectivity index (χ1n) is 6.10. The minimum Gasteiger partial charge on any atom is -0.444 e. The van der Waals surface area contributed by atoms with Crippen LogP contribution in [0.5, 0.6) is 0 Å². The summed E-state index contributed by atoms with van der Waals surface area (Å²) in [5.74, 6) is 2.15. The van der Waals surface area contributed by atoms with E-state index in [1.807, 2.05) is 25.7 Å². The Morgan fingerprint density at radius 3 is 2.38 bits per heavy atom. The van der Waals surface area contributed by atoms with E-state index in [2.05, 4.69) is 0 Å². The Bertz CT molecular complexity index is 273. The van der Waals surface area contributed by atoms with Gasteiger partial charge in [0.15, 0.2) is 0 Å². The molecule has 1 aliphatic carbocycles. The number of hydrogen-bond donors (Lipinski definition) is 1. The molecule has 92 valence electrons. The second kappa shape index (κ2) is 3.91. The van der Waals surface area contributed by atoms with Gasteiger partial charge in [-0.2, -0.15) is 0 Å². The molecule has 4 heteroatoms. The van der Waals surface area contributed by atoms with Gasteiger partial charge in [-0.05, 0) is 51.5 Å². The van der Waals surface area contributed by atoms with Gasteiger partial charge in [0, 0.05) is 13.1 Å². The van der Waals surface area contributed by atoms with Crippen LogP contribution in [0.3, 0.4) is 0 Å². The fourth-order valence-electron chi connectivity index (χ4n) is 2.75. The number of carbonyl (C=O) groups is 1. The van der Waals surface area contributed by atoms with Crippen molar-refractivity contribution in [2.24, 2.45) is 23.5 Å². The number of ether oxygens (including phenoxy) is 1. The molecule has 1 saturated heterocycles. The van der Waals surface area contributed by atoms with E-state index in [4.69, 9.17) is 10.5 Å². The van der Waals surface area contributed by atoms with Crippen molar-refractivity contribution in [3.63, 3.8) is 0 Å². The normalized spacial score (nSPS) is 32.5. The Balaban J connectivity index is 1.78. The summed E-state index contributed by atoms with van der Waals surface area (Å²) in [5.41, 5.74) is 5.16. The number of fused-ring (bicyclic) bond motifs is 1. The van der Waals surface area contributed by atoms with Crippen LogP contribution in [0.2, 0.25) is 0 Å². The fourth-order valence-corrected chi connectivity index (χ4v) is 2.75. The van der Waals surface area contributed by atoms with E-state index in [1.54, 1.807) is 0 Å². The molecule has 1 amide bonds. The van der Waals surface area contributed by atoms with Crippen LogP contribution in [0.25, 0.3) is 0 Å². The summed E-state index contributed by atoms with van der Waals surface area (Å²) in [4.78, 5) is 13.6. The summed E-state index contributed by atoms with van der Waals surface area (Å²) in [6.07, 6.45) is 0.948. The molecule has 2 aliphatic rings.